The fourth-order valence-electron chi connectivity index (χ4n) is 2.63. The van der Waals surface area contributed by atoms with Crippen molar-refractivity contribution in [1.29, 1.82) is 0 Å². The summed E-state index contributed by atoms with van der Waals surface area (Å²) < 4.78 is 0. The van der Waals surface area contributed by atoms with Crippen LogP contribution in [-0.4, -0.2) is 29.2 Å². The number of carbonyl (C=O) groups is 2. The third-order valence-electron chi connectivity index (χ3n) is 3.98. The summed E-state index contributed by atoms with van der Waals surface area (Å²) in [5.41, 5.74) is 0. The highest BCUT2D eigenvalue weighted by molar-refractivity contribution is 6.36. The second kappa shape index (κ2) is 5.19. The lowest BCUT2D eigenvalue weighted by Gasteiger charge is -2.24. The van der Waals surface area contributed by atoms with Crippen LogP contribution in [0, 0.1) is 11.8 Å². The number of ketones is 1. The van der Waals surface area contributed by atoms with E-state index in [2.05, 4.69) is 0 Å². The molecule has 0 aromatic rings. The zero-order valence-corrected chi connectivity index (χ0v) is 10.9. The topological polar surface area (TPSA) is 37.4 Å². The molecule has 0 aromatic carbocycles. The molecule has 1 amide bonds. The molecule has 0 N–H and O–H groups in total. The lowest BCUT2D eigenvalue weighted by Crippen LogP contribution is -2.41. The molecule has 1 aliphatic carbocycles. The number of likely N-dealkylation sites (tertiary alicyclic amines) is 1. The molecule has 1 heterocycles. The summed E-state index contributed by atoms with van der Waals surface area (Å²) in [5.74, 6) is 0.280. The fourth-order valence-corrected chi connectivity index (χ4v) is 2.63. The second-order valence-electron chi connectivity index (χ2n) is 5.83. The van der Waals surface area contributed by atoms with Gasteiger partial charge in [-0.2, -0.15) is 0 Å². The van der Waals surface area contributed by atoms with Gasteiger partial charge in [-0.1, -0.05) is 26.7 Å². The zero-order valence-electron chi connectivity index (χ0n) is 10.9. The molecule has 1 unspecified atom stereocenters. The van der Waals surface area contributed by atoms with Crippen LogP contribution >= 0.6 is 0 Å². The Morgan fingerprint density at radius 2 is 1.88 bits per heavy atom. The molecule has 17 heavy (non-hydrogen) atoms. The van der Waals surface area contributed by atoms with E-state index in [9.17, 15) is 9.59 Å². The van der Waals surface area contributed by atoms with E-state index in [-0.39, 0.29) is 17.6 Å². The third kappa shape index (κ3) is 3.08. The summed E-state index contributed by atoms with van der Waals surface area (Å²) in [6.07, 6.45) is 7.22. The molecule has 1 saturated heterocycles. The Hall–Kier alpha value is -0.860. The summed E-state index contributed by atoms with van der Waals surface area (Å²) in [4.78, 5) is 25.6. The van der Waals surface area contributed by atoms with Crippen molar-refractivity contribution in [2.75, 3.05) is 6.54 Å². The molecular weight excluding hydrogens is 214 g/mol. The van der Waals surface area contributed by atoms with Crippen LogP contribution in [0.25, 0.3) is 0 Å². The lowest BCUT2D eigenvalue weighted by atomic mass is 10.0. The van der Waals surface area contributed by atoms with E-state index in [1.807, 2.05) is 4.90 Å². The first kappa shape index (κ1) is 12.6. The van der Waals surface area contributed by atoms with Crippen LogP contribution in [0.3, 0.4) is 0 Å². The van der Waals surface area contributed by atoms with Gasteiger partial charge in [-0.3, -0.25) is 9.59 Å². The molecule has 0 radical (unpaired) electrons. The minimum Gasteiger partial charge on any atom is -0.333 e. The average molecular weight is 237 g/mol. The number of hydrogen-bond donors (Lipinski definition) is 0. The van der Waals surface area contributed by atoms with Crippen LogP contribution in [-0.2, 0) is 9.59 Å². The maximum Gasteiger partial charge on any atom is 0.290 e. The third-order valence-corrected chi connectivity index (χ3v) is 3.98. The normalized spacial score (nSPS) is 24.4. The summed E-state index contributed by atoms with van der Waals surface area (Å²) >= 11 is 0. The summed E-state index contributed by atoms with van der Waals surface area (Å²) in [6, 6.07) is 0.339. The Morgan fingerprint density at radius 1 is 1.18 bits per heavy atom. The predicted molar refractivity (Wildman–Crippen MR) is 66.5 cm³/mol. The Morgan fingerprint density at radius 3 is 2.47 bits per heavy atom. The van der Waals surface area contributed by atoms with E-state index in [1.165, 1.54) is 19.3 Å². The van der Waals surface area contributed by atoms with Crippen LogP contribution in [0.4, 0.5) is 0 Å². The SMILES string of the molecule is CC(C)C(=O)C(=O)N1CCCC1CCC1CC1. The smallest absolute Gasteiger partial charge is 0.290 e. The van der Waals surface area contributed by atoms with Gasteiger partial charge < -0.3 is 4.90 Å². The van der Waals surface area contributed by atoms with Crippen LogP contribution in [0.1, 0.15) is 52.4 Å². The molecule has 2 rings (SSSR count). The predicted octanol–water partition coefficient (Wildman–Crippen LogP) is 2.39. The highest BCUT2D eigenvalue weighted by Crippen LogP contribution is 2.35. The molecule has 0 aromatic heterocycles. The van der Waals surface area contributed by atoms with Crippen molar-refractivity contribution in [2.24, 2.45) is 11.8 Å². The Labute approximate surface area is 104 Å². The van der Waals surface area contributed by atoms with Gasteiger partial charge in [0.1, 0.15) is 0 Å². The first-order valence-corrected chi connectivity index (χ1v) is 6.94. The number of hydrogen-bond acceptors (Lipinski definition) is 2. The zero-order chi connectivity index (χ0) is 12.4. The minimum absolute atomic E-state index is 0.174. The number of rotatable bonds is 5. The molecule has 3 heteroatoms. The van der Waals surface area contributed by atoms with Gasteiger partial charge in [-0.25, -0.2) is 0 Å². The van der Waals surface area contributed by atoms with Gasteiger partial charge in [0.2, 0.25) is 5.78 Å². The molecule has 2 aliphatic rings. The standard InChI is InChI=1S/C14H23NO2/c1-10(2)13(16)14(17)15-9-3-4-12(15)8-7-11-5-6-11/h10-12H,3-9H2,1-2H3. The molecular formula is C14H23NO2. The van der Waals surface area contributed by atoms with Crippen molar-refractivity contribution in [1.82, 2.24) is 4.90 Å². The van der Waals surface area contributed by atoms with Gasteiger partial charge >= 0.3 is 0 Å². The first-order valence-electron chi connectivity index (χ1n) is 6.94. The second-order valence-corrected chi connectivity index (χ2v) is 5.83. The van der Waals surface area contributed by atoms with Gasteiger partial charge in [0.25, 0.3) is 5.91 Å². The Bertz CT molecular complexity index is 307. The van der Waals surface area contributed by atoms with Gasteiger partial charge in [0.15, 0.2) is 0 Å². The highest BCUT2D eigenvalue weighted by atomic mass is 16.2. The minimum atomic E-state index is -0.238. The highest BCUT2D eigenvalue weighted by Gasteiger charge is 2.34. The van der Waals surface area contributed by atoms with E-state index in [0.717, 1.165) is 31.7 Å². The monoisotopic (exact) mass is 237 g/mol. The Kier molecular flexibility index (Phi) is 3.85. The fraction of sp³-hybridized carbons (Fsp3) is 0.857. The van der Waals surface area contributed by atoms with Crippen LogP contribution in [0.5, 0.6) is 0 Å². The average Bonchev–Trinajstić information content (AvgIpc) is 3.02. The van der Waals surface area contributed by atoms with Crippen LogP contribution in [0.15, 0.2) is 0 Å². The summed E-state index contributed by atoms with van der Waals surface area (Å²) in [7, 11) is 0. The van der Waals surface area contributed by atoms with Gasteiger partial charge in [-0.15, -0.1) is 0 Å². The molecule has 1 saturated carbocycles. The maximum atomic E-state index is 12.0. The molecule has 3 nitrogen and oxygen atoms in total. The largest absolute Gasteiger partial charge is 0.333 e. The number of carbonyl (C=O) groups excluding carboxylic acids is 2. The first-order chi connectivity index (χ1) is 8.09. The molecule has 0 bridgehead atoms. The van der Waals surface area contributed by atoms with E-state index in [0.29, 0.717) is 6.04 Å². The number of amides is 1. The maximum absolute atomic E-state index is 12.0. The van der Waals surface area contributed by atoms with E-state index in [4.69, 9.17) is 0 Å². The van der Waals surface area contributed by atoms with Crippen molar-refractivity contribution >= 4 is 11.7 Å². The summed E-state index contributed by atoms with van der Waals surface area (Å²) in [5, 5.41) is 0. The molecule has 2 fully saturated rings. The van der Waals surface area contributed by atoms with Crippen molar-refractivity contribution in [2.45, 2.75) is 58.4 Å². The molecule has 1 aliphatic heterocycles. The Balaban J connectivity index is 1.88. The summed E-state index contributed by atoms with van der Waals surface area (Å²) in [6.45, 7) is 4.39. The van der Waals surface area contributed by atoms with Gasteiger partial charge in [0, 0.05) is 18.5 Å². The number of Topliss-reactive ketones (excluding diaryl/α,β-unsaturated/α-hetero) is 1. The molecule has 96 valence electrons. The van der Waals surface area contributed by atoms with Gasteiger partial charge in [0.05, 0.1) is 0 Å². The van der Waals surface area contributed by atoms with E-state index < -0.39 is 0 Å². The van der Waals surface area contributed by atoms with Crippen molar-refractivity contribution < 1.29 is 9.59 Å². The van der Waals surface area contributed by atoms with E-state index >= 15 is 0 Å². The van der Waals surface area contributed by atoms with Crippen LogP contribution in [0.2, 0.25) is 0 Å². The molecule has 0 spiro atoms. The lowest BCUT2D eigenvalue weighted by molar-refractivity contribution is -0.146. The van der Waals surface area contributed by atoms with Crippen molar-refractivity contribution in [3.05, 3.63) is 0 Å². The van der Waals surface area contributed by atoms with Crippen LogP contribution < -0.4 is 0 Å². The van der Waals surface area contributed by atoms with Crippen molar-refractivity contribution in [3.8, 4) is 0 Å². The quantitative estimate of drug-likeness (QED) is 0.688. The van der Waals surface area contributed by atoms with Crippen molar-refractivity contribution in [3.63, 3.8) is 0 Å². The molecule has 1 atom stereocenters. The number of nitrogens with zero attached hydrogens (tertiary/aromatic N) is 1. The van der Waals surface area contributed by atoms with Gasteiger partial charge in [-0.05, 0) is 31.6 Å². The van der Waals surface area contributed by atoms with E-state index in [1.54, 1.807) is 13.8 Å².